The largest absolute Gasteiger partial charge is 0.446 e. The first-order valence-corrected chi connectivity index (χ1v) is 12.1. The summed E-state index contributed by atoms with van der Waals surface area (Å²) in [5, 5.41) is 10.1. The molecule has 2 aromatic rings. The number of aromatic nitrogens is 2. The molecule has 1 saturated carbocycles. The predicted octanol–water partition coefficient (Wildman–Crippen LogP) is 3.80. The van der Waals surface area contributed by atoms with Gasteiger partial charge in [0.05, 0.1) is 10.6 Å². The Hall–Kier alpha value is -2.93. The van der Waals surface area contributed by atoms with Gasteiger partial charge in [0.2, 0.25) is 22.4 Å². The van der Waals surface area contributed by atoms with Crippen molar-refractivity contribution in [2.45, 2.75) is 68.4 Å². The molecule has 1 amide bonds. The molecule has 1 aromatic heterocycles. The summed E-state index contributed by atoms with van der Waals surface area (Å²) >= 11 is 0. The van der Waals surface area contributed by atoms with Gasteiger partial charge in [0.25, 0.3) is 0 Å². The maximum atomic E-state index is 14.2. The van der Waals surface area contributed by atoms with Crippen molar-refractivity contribution in [3.8, 4) is 0 Å². The van der Waals surface area contributed by atoms with E-state index < -0.39 is 40.3 Å². The highest BCUT2D eigenvalue weighted by atomic mass is 32.2. The molecular weight excluding hydrogens is 475 g/mol. The quantitative estimate of drug-likeness (QED) is 0.500. The van der Waals surface area contributed by atoms with Crippen LogP contribution >= 0.6 is 0 Å². The summed E-state index contributed by atoms with van der Waals surface area (Å²) in [6.45, 7) is 3.01. The number of nitrogens with one attached hydrogen (secondary N) is 2. The van der Waals surface area contributed by atoms with Gasteiger partial charge in [0, 0.05) is 24.4 Å². The van der Waals surface area contributed by atoms with Crippen molar-refractivity contribution in [3.63, 3.8) is 0 Å². The predicted molar refractivity (Wildman–Crippen MR) is 118 cm³/mol. The van der Waals surface area contributed by atoms with Crippen molar-refractivity contribution >= 4 is 27.8 Å². The maximum Gasteiger partial charge on any atom is 0.407 e. The number of halogens is 3. The minimum absolute atomic E-state index is 0.0183. The summed E-state index contributed by atoms with van der Waals surface area (Å²) in [5.41, 5.74) is -0.298. The minimum Gasteiger partial charge on any atom is -0.446 e. The Kier molecular flexibility index (Phi) is 7.66. The number of nitrogens with two attached hydrogens (primary N) is 1. The lowest BCUT2D eigenvalue weighted by Gasteiger charge is -2.26. The Morgan fingerprint density at radius 3 is 2.53 bits per heavy atom. The van der Waals surface area contributed by atoms with Crippen LogP contribution in [0.5, 0.6) is 0 Å². The average Bonchev–Trinajstić information content (AvgIpc) is 3.16. The van der Waals surface area contributed by atoms with E-state index in [2.05, 4.69) is 20.6 Å². The molecule has 0 saturated heterocycles. The van der Waals surface area contributed by atoms with Gasteiger partial charge >= 0.3 is 6.09 Å². The van der Waals surface area contributed by atoms with E-state index in [0.29, 0.717) is 12.8 Å². The van der Waals surface area contributed by atoms with Gasteiger partial charge in [-0.25, -0.2) is 41.5 Å². The van der Waals surface area contributed by atoms with E-state index in [-0.39, 0.29) is 28.6 Å². The molecule has 3 rings (SSSR count). The second kappa shape index (κ2) is 10.1. The number of benzene rings is 1. The van der Waals surface area contributed by atoms with Crippen LogP contribution in [0, 0.1) is 5.82 Å². The number of carbonyl (C=O) groups is 1. The van der Waals surface area contributed by atoms with Gasteiger partial charge in [0.1, 0.15) is 11.9 Å². The van der Waals surface area contributed by atoms with E-state index in [0.717, 1.165) is 18.1 Å². The Bertz CT molecular complexity index is 1130. The van der Waals surface area contributed by atoms with Crippen LogP contribution in [0.2, 0.25) is 0 Å². The molecule has 34 heavy (non-hydrogen) atoms. The summed E-state index contributed by atoms with van der Waals surface area (Å²) in [6, 6.07) is 3.19. The Morgan fingerprint density at radius 1 is 1.26 bits per heavy atom. The van der Waals surface area contributed by atoms with Crippen LogP contribution < -0.4 is 15.8 Å². The molecule has 1 aliphatic rings. The molecule has 0 aliphatic heterocycles. The smallest absolute Gasteiger partial charge is 0.407 e. The first-order valence-electron chi connectivity index (χ1n) is 10.5. The molecule has 9 nitrogen and oxygen atoms in total. The zero-order valence-corrected chi connectivity index (χ0v) is 19.4. The van der Waals surface area contributed by atoms with Crippen molar-refractivity contribution in [3.05, 3.63) is 42.0 Å². The van der Waals surface area contributed by atoms with Gasteiger partial charge < -0.3 is 15.4 Å². The van der Waals surface area contributed by atoms with Crippen LogP contribution in [0.15, 0.2) is 35.5 Å². The summed E-state index contributed by atoms with van der Waals surface area (Å²) < 4.78 is 67.4. The van der Waals surface area contributed by atoms with Gasteiger partial charge in [-0.3, -0.25) is 0 Å². The van der Waals surface area contributed by atoms with E-state index >= 15 is 0 Å². The Morgan fingerprint density at radius 2 is 1.94 bits per heavy atom. The number of nitrogens with zero attached hydrogens (tertiary/aromatic N) is 2. The summed E-state index contributed by atoms with van der Waals surface area (Å²) in [6.07, 6.45) is 0.888. The lowest BCUT2D eigenvalue weighted by Crippen LogP contribution is -2.45. The van der Waals surface area contributed by atoms with Crippen molar-refractivity contribution in [2.75, 3.05) is 5.32 Å². The number of carbonyl (C=O) groups excluding carboxylic acids is 1. The highest BCUT2D eigenvalue weighted by molar-refractivity contribution is 7.89. The molecule has 2 atom stereocenters. The summed E-state index contributed by atoms with van der Waals surface area (Å²) in [4.78, 5) is 20.1. The topological polar surface area (TPSA) is 136 Å². The Balaban J connectivity index is 1.55. The molecule has 1 aromatic carbocycles. The second-order valence-electron chi connectivity index (χ2n) is 8.79. The first kappa shape index (κ1) is 25.7. The number of anilines is 2. The van der Waals surface area contributed by atoms with E-state index in [1.165, 1.54) is 26.0 Å². The average molecular weight is 502 g/mol. The van der Waals surface area contributed by atoms with E-state index in [1.807, 2.05) is 0 Å². The third-order valence-corrected chi connectivity index (χ3v) is 6.33. The van der Waals surface area contributed by atoms with Crippen molar-refractivity contribution in [1.29, 1.82) is 0 Å². The zero-order valence-electron chi connectivity index (χ0n) is 18.6. The normalized spacial score (nSPS) is 18.7. The van der Waals surface area contributed by atoms with E-state index in [1.54, 1.807) is 12.4 Å². The van der Waals surface area contributed by atoms with Crippen LogP contribution in [-0.2, 0) is 14.8 Å². The molecule has 0 radical (unpaired) electrons. The van der Waals surface area contributed by atoms with E-state index in [4.69, 9.17) is 9.88 Å². The van der Waals surface area contributed by atoms with Crippen LogP contribution in [0.4, 0.5) is 29.6 Å². The second-order valence-corrected chi connectivity index (χ2v) is 10.4. The molecule has 4 N–H and O–H groups in total. The number of hydrogen-bond donors (Lipinski definition) is 3. The van der Waals surface area contributed by atoms with Crippen LogP contribution in [0.1, 0.15) is 51.0 Å². The van der Waals surface area contributed by atoms with Crippen molar-refractivity contribution < 1.29 is 31.1 Å². The molecule has 13 heteroatoms. The third kappa shape index (κ3) is 7.03. The molecule has 1 heterocycles. The van der Waals surface area contributed by atoms with Gasteiger partial charge in [0.15, 0.2) is 0 Å². The molecule has 0 bridgehead atoms. The summed E-state index contributed by atoms with van der Waals surface area (Å²) in [7, 11) is -4.02. The fourth-order valence-electron chi connectivity index (χ4n) is 3.75. The Labute approximate surface area is 195 Å². The fourth-order valence-corrected chi connectivity index (χ4v) is 4.28. The van der Waals surface area contributed by atoms with Gasteiger partial charge in [-0.05, 0) is 62.8 Å². The number of sulfonamides is 1. The lowest BCUT2D eigenvalue weighted by molar-refractivity contribution is 0.0750. The number of alkyl carbamates (subject to hydrolysis) is 1. The molecule has 1 aliphatic carbocycles. The first-order chi connectivity index (χ1) is 15.8. The number of hydrogen-bond acceptors (Lipinski definition) is 7. The third-order valence-electron chi connectivity index (χ3n) is 5.42. The molecular formula is C21H26F3N5O4S. The lowest BCUT2D eigenvalue weighted by atomic mass is 10.0. The molecule has 0 unspecified atom stereocenters. The van der Waals surface area contributed by atoms with Crippen molar-refractivity contribution in [2.24, 2.45) is 5.14 Å². The number of ether oxygens (including phenoxy) is 1. The number of alkyl halides is 2. The summed E-state index contributed by atoms with van der Waals surface area (Å²) in [5.74, 6) is -0.686. The van der Waals surface area contributed by atoms with Crippen LogP contribution in [0.3, 0.4) is 0 Å². The van der Waals surface area contributed by atoms with Crippen LogP contribution in [0.25, 0.3) is 0 Å². The van der Waals surface area contributed by atoms with E-state index in [9.17, 15) is 26.4 Å². The SMILES string of the molecule is CC(C)(CC(F)F)NC(=O)O[C@@H]1CC[C@H](c2cnc(Nc3ccc(S(N)(=O)=O)cc3F)nc2)C1. The fraction of sp³-hybridized carbons (Fsp3) is 0.476. The van der Waals surface area contributed by atoms with Gasteiger partial charge in [-0.2, -0.15) is 0 Å². The minimum atomic E-state index is -4.02. The monoisotopic (exact) mass is 501 g/mol. The van der Waals surface area contributed by atoms with Gasteiger partial charge in [-0.1, -0.05) is 0 Å². The molecule has 0 spiro atoms. The standard InChI is InChI=1S/C21H26F3N5O4S/c1-21(2,9-18(23)24)29-20(30)33-14-4-3-12(7-14)13-10-26-19(27-11-13)28-17-6-5-15(8-16(17)22)34(25,31)32/h5-6,8,10-12,14,18H,3-4,7,9H2,1-2H3,(H,29,30)(H2,25,31,32)(H,26,27,28)/t12-,14+/m0/s1. The molecule has 1 fully saturated rings. The number of amides is 1. The zero-order chi connectivity index (χ0) is 25.1. The van der Waals surface area contributed by atoms with Gasteiger partial charge in [-0.15, -0.1) is 0 Å². The highest BCUT2D eigenvalue weighted by Crippen LogP contribution is 2.36. The number of rotatable bonds is 8. The number of primary sulfonamides is 1. The maximum absolute atomic E-state index is 14.2. The highest BCUT2D eigenvalue weighted by Gasteiger charge is 2.31. The van der Waals surface area contributed by atoms with Crippen molar-refractivity contribution in [1.82, 2.24) is 15.3 Å². The van der Waals surface area contributed by atoms with Crippen LogP contribution in [-0.4, -0.2) is 42.5 Å². The molecule has 186 valence electrons.